The Hall–Kier alpha value is -1.37. The van der Waals surface area contributed by atoms with E-state index >= 15 is 0 Å². The van der Waals surface area contributed by atoms with Crippen molar-refractivity contribution in [3.8, 4) is 0 Å². The molecule has 1 aliphatic heterocycles. The highest BCUT2D eigenvalue weighted by Gasteiger charge is 2.42. The van der Waals surface area contributed by atoms with Gasteiger partial charge in [0.05, 0.1) is 12.2 Å². The van der Waals surface area contributed by atoms with E-state index in [4.69, 9.17) is 9.16 Å². The number of amides is 1. The Bertz CT molecular complexity index is 751. The predicted molar refractivity (Wildman–Crippen MR) is 129 cm³/mol. The van der Waals surface area contributed by atoms with Gasteiger partial charge in [0.15, 0.2) is 8.32 Å². The van der Waals surface area contributed by atoms with Crippen LogP contribution in [-0.4, -0.2) is 48.7 Å². The Morgan fingerprint density at radius 3 is 2.32 bits per heavy atom. The number of carbonyl (C=O) groups is 1. The third-order valence-corrected chi connectivity index (χ3v) is 11.1. The van der Waals surface area contributed by atoms with Crippen molar-refractivity contribution in [1.29, 1.82) is 0 Å². The average Bonchev–Trinajstić information content (AvgIpc) is 2.60. The summed E-state index contributed by atoms with van der Waals surface area (Å²) in [5, 5.41) is 11.1. The lowest BCUT2D eigenvalue weighted by Gasteiger charge is -2.45. The van der Waals surface area contributed by atoms with Gasteiger partial charge in [-0.1, -0.05) is 45.0 Å². The monoisotopic (exact) mass is 449 g/mol. The van der Waals surface area contributed by atoms with Gasteiger partial charge in [-0.3, -0.25) is 0 Å². The lowest BCUT2D eigenvalue weighted by molar-refractivity contribution is -0.0190. The Balaban J connectivity index is 2.19. The van der Waals surface area contributed by atoms with Crippen LogP contribution in [-0.2, 0) is 9.16 Å². The molecule has 1 N–H and O–H groups in total. The quantitative estimate of drug-likeness (QED) is 0.543. The van der Waals surface area contributed by atoms with Crippen LogP contribution in [0.5, 0.6) is 0 Å². The molecule has 0 saturated carbocycles. The van der Waals surface area contributed by atoms with E-state index in [2.05, 4.69) is 33.9 Å². The number of likely N-dealkylation sites (tertiary alicyclic amines) is 1. The number of aliphatic hydroxyl groups excluding tert-OH is 1. The van der Waals surface area contributed by atoms with Gasteiger partial charge in [0.1, 0.15) is 5.60 Å². The summed E-state index contributed by atoms with van der Waals surface area (Å²) in [4.78, 5) is 14.9. The van der Waals surface area contributed by atoms with Crippen LogP contribution >= 0.6 is 0 Å². The van der Waals surface area contributed by atoms with Crippen molar-refractivity contribution in [2.45, 2.75) is 110 Å². The molecule has 1 aliphatic rings. The van der Waals surface area contributed by atoms with Gasteiger partial charge in [0, 0.05) is 12.6 Å². The van der Waals surface area contributed by atoms with Gasteiger partial charge in [0.2, 0.25) is 0 Å². The van der Waals surface area contributed by atoms with E-state index in [0.717, 1.165) is 24.0 Å². The molecule has 1 fully saturated rings. The first-order valence-corrected chi connectivity index (χ1v) is 14.4. The number of aliphatic hydroxyl groups is 1. The minimum absolute atomic E-state index is 0.000245. The Morgan fingerprint density at radius 1 is 1.16 bits per heavy atom. The van der Waals surface area contributed by atoms with Crippen molar-refractivity contribution in [3.05, 3.63) is 35.4 Å². The summed E-state index contributed by atoms with van der Waals surface area (Å²) in [6.07, 6.45) is 1.24. The molecule has 0 radical (unpaired) electrons. The number of hydrogen-bond donors (Lipinski definition) is 1. The second-order valence-electron chi connectivity index (χ2n) is 11.5. The van der Waals surface area contributed by atoms with Gasteiger partial charge in [-0.05, 0) is 76.2 Å². The van der Waals surface area contributed by atoms with Crippen LogP contribution < -0.4 is 0 Å². The molecule has 1 heterocycles. The second-order valence-corrected chi connectivity index (χ2v) is 16.2. The zero-order chi connectivity index (χ0) is 23.6. The number of hydrogen-bond acceptors (Lipinski definition) is 4. The summed E-state index contributed by atoms with van der Waals surface area (Å²) >= 11 is 0. The third-order valence-electron chi connectivity index (χ3n) is 6.60. The molecule has 1 amide bonds. The number of ether oxygens (including phenoxy) is 1. The summed E-state index contributed by atoms with van der Waals surface area (Å²) in [5.41, 5.74) is 1.42. The smallest absolute Gasteiger partial charge is 0.410 e. The fourth-order valence-electron chi connectivity index (χ4n) is 3.82. The SMILES string of the molecule is Cc1ccccc1C(O)CC1CCC(O[Si](C)(C)C(C)(C)C)CN1C(=O)OC(C)(C)C. The van der Waals surface area contributed by atoms with E-state index in [1.807, 2.05) is 52.0 Å². The summed E-state index contributed by atoms with van der Waals surface area (Å²) < 4.78 is 12.4. The molecule has 0 aliphatic carbocycles. The van der Waals surface area contributed by atoms with Crippen molar-refractivity contribution in [3.63, 3.8) is 0 Å². The van der Waals surface area contributed by atoms with Crippen LogP contribution in [0.2, 0.25) is 18.1 Å². The second kappa shape index (κ2) is 9.63. The molecule has 3 unspecified atom stereocenters. The van der Waals surface area contributed by atoms with E-state index in [1.165, 1.54) is 0 Å². The van der Waals surface area contributed by atoms with Gasteiger partial charge < -0.3 is 19.2 Å². The molecule has 6 heteroatoms. The zero-order valence-corrected chi connectivity index (χ0v) is 22.0. The molecular formula is C25H43NO4Si. The highest BCUT2D eigenvalue weighted by Crippen LogP contribution is 2.39. The predicted octanol–water partition coefficient (Wildman–Crippen LogP) is 6.21. The maximum Gasteiger partial charge on any atom is 0.410 e. The van der Waals surface area contributed by atoms with Gasteiger partial charge in [-0.15, -0.1) is 0 Å². The number of nitrogens with zero attached hydrogens (tertiary/aromatic N) is 1. The average molecular weight is 450 g/mol. The minimum Gasteiger partial charge on any atom is -0.444 e. The lowest BCUT2D eigenvalue weighted by Crippen LogP contribution is -2.54. The highest BCUT2D eigenvalue weighted by molar-refractivity contribution is 6.74. The molecule has 176 valence electrons. The van der Waals surface area contributed by atoms with Crippen LogP contribution in [0.15, 0.2) is 24.3 Å². The molecule has 1 aromatic rings. The van der Waals surface area contributed by atoms with Crippen molar-refractivity contribution in [2.24, 2.45) is 0 Å². The topological polar surface area (TPSA) is 59.0 Å². The van der Waals surface area contributed by atoms with Crippen LogP contribution in [0.1, 0.15) is 78.0 Å². The van der Waals surface area contributed by atoms with Crippen molar-refractivity contribution >= 4 is 14.4 Å². The largest absolute Gasteiger partial charge is 0.444 e. The van der Waals surface area contributed by atoms with E-state index < -0.39 is 20.0 Å². The van der Waals surface area contributed by atoms with Crippen molar-refractivity contribution in [2.75, 3.05) is 6.54 Å². The first-order chi connectivity index (χ1) is 14.1. The molecule has 0 spiro atoms. The van der Waals surface area contributed by atoms with Crippen LogP contribution in [0.4, 0.5) is 4.79 Å². The molecule has 3 atom stereocenters. The Kier molecular flexibility index (Phi) is 8.04. The number of aryl methyl sites for hydroxylation is 1. The minimum atomic E-state index is -1.95. The normalized spacial score (nSPS) is 21.7. The third kappa shape index (κ3) is 7.06. The number of carbonyl (C=O) groups excluding carboxylic acids is 1. The molecule has 1 saturated heterocycles. The van der Waals surface area contributed by atoms with Crippen LogP contribution in [0.25, 0.3) is 0 Å². The van der Waals surface area contributed by atoms with E-state index in [-0.39, 0.29) is 23.3 Å². The fourth-order valence-corrected chi connectivity index (χ4v) is 5.20. The van der Waals surface area contributed by atoms with Crippen molar-refractivity contribution in [1.82, 2.24) is 4.90 Å². The summed E-state index contributed by atoms with van der Waals surface area (Å²) in [6, 6.07) is 7.81. The molecule has 2 rings (SSSR count). The van der Waals surface area contributed by atoms with Gasteiger partial charge in [0.25, 0.3) is 0 Å². The zero-order valence-electron chi connectivity index (χ0n) is 21.0. The lowest BCUT2D eigenvalue weighted by atomic mass is 9.92. The maximum absolute atomic E-state index is 13.1. The molecule has 31 heavy (non-hydrogen) atoms. The highest BCUT2D eigenvalue weighted by atomic mass is 28.4. The van der Waals surface area contributed by atoms with Crippen LogP contribution in [0, 0.1) is 6.92 Å². The summed E-state index contributed by atoms with van der Waals surface area (Å²) in [5.74, 6) is 0. The van der Waals surface area contributed by atoms with E-state index in [0.29, 0.717) is 13.0 Å². The van der Waals surface area contributed by atoms with Crippen LogP contribution in [0.3, 0.4) is 0 Å². The van der Waals surface area contributed by atoms with Gasteiger partial charge in [-0.2, -0.15) is 0 Å². The van der Waals surface area contributed by atoms with E-state index in [1.54, 1.807) is 4.90 Å². The number of rotatable bonds is 5. The fraction of sp³-hybridized carbons (Fsp3) is 0.720. The molecular weight excluding hydrogens is 406 g/mol. The standard InChI is InChI=1S/C25H43NO4Si/c1-18-12-10-11-13-21(18)22(27)16-19-14-15-20(30-31(8,9)25(5,6)7)17-26(19)23(28)29-24(2,3)4/h10-13,19-20,22,27H,14-17H2,1-9H3. The maximum atomic E-state index is 13.1. The number of piperidine rings is 1. The first kappa shape index (κ1) is 25.9. The van der Waals surface area contributed by atoms with E-state index in [9.17, 15) is 9.90 Å². The Morgan fingerprint density at radius 2 is 1.77 bits per heavy atom. The number of benzene rings is 1. The summed E-state index contributed by atoms with van der Waals surface area (Å²) in [6.45, 7) is 19.4. The Labute approximate surface area is 190 Å². The molecule has 0 aromatic heterocycles. The molecule has 5 nitrogen and oxygen atoms in total. The first-order valence-electron chi connectivity index (χ1n) is 11.5. The van der Waals surface area contributed by atoms with Gasteiger partial charge >= 0.3 is 6.09 Å². The molecule has 1 aromatic carbocycles. The van der Waals surface area contributed by atoms with Crippen molar-refractivity contribution < 1.29 is 19.1 Å². The van der Waals surface area contributed by atoms with Gasteiger partial charge in [-0.25, -0.2) is 4.79 Å². The summed E-state index contributed by atoms with van der Waals surface area (Å²) in [7, 11) is -1.95. The molecule has 0 bridgehead atoms.